The predicted molar refractivity (Wildman–Crippen MR) is 92.4 cm³/mol. The Kier molecular flexibility index (Phi) is 4.62. The molecule has 122 valence electrons. The second kappa shape index (κ2) is 6.84. The molecule has 1 aromatic heterocycles. The van der Waals surface area contributed by atoms with Crippen molar-refractivity contribution in [3.63, 3.8) is 0 Å². The van der Waals surface area contributed by atoms with Crippen molar-refractivity contribution in [1.29, 1.82) is 0 Å². The number of halogens is 1. The molecular formula is C18H16ClN3O2. The Balaban J connectivity index is 1.70. The molecule has 3 rings (SSSR count). The highest BCUT2D eigenvalue weighted by molar-refractivity contribution is 6.31. The lowest BCUT2D eigenvalue weighted by atomic mass is 10.0. The predicted octanol–water partition coefficient (Wildman–Crippen LogP) is 4.18. The zero-order valence-corrected chi connectivity index (χ0v) is 14.1. The highest BCUT2D eigenvalue weighted by atomic mass is 35.5. The van der Waals surface area contributed by atoms with Crippen LogP contribution < -0.4 is 5.32 Å². The quantitative estimate of drug-likeness (QED) is 0.772. The molecule has 0 fully saturated rings. The molecule has 24 heavy (non-hydrogen) atoms. The van der Waals surface area contributed by atoms with Crippen LogP contribution in [0.25, 0.3) is 0 Å². The lowest BCUT2D eigenvalue weighted by Crippen LogP contribution is -2.11. The number of carbonyl (C=O) groups is 1. The van der Waals surface area contributed by atoms with Gasteiger partial charge in [0.05, 0.1) is 6.42 Å². The maximum absolute atomic E-state index is 12.1. The van der Waals surface area contributed by atoms with Gasteiger partial charge < -0.3 is 4.42 Å². The normalized spacial score (nSPS) is 10.6. The third-order valence-corrected chi connectivity index (χ3v) is 3.85. The van der Waals surface area contributed by atoms with Crippen LogP contribution in [0.2, 0.25) is 5.02 Å². The number of hydrogen-bond acceptors (Lipinski definition) is 4. The molecule has 0 radical (unpaired) electrons. The fourth-order valence-corrected chi connectivity index (χ4v) is 2.57. The van der Waals surface area contributed by atoms with Crippen LogP contribution in [-0.4, -0.2) is 16.1 Å². The van der Waals surface area contributed by atoms with E-state index in [1.54, 1.807) is 24.3 Å². The van der Waals surface area contributed by atoms with Gasteiger partial charge in [0.15, 0.2) is 0 Å². The number of carbonyl (C=O) groups excluding carboxylic acids is 1. The first kappa shape index (κ1) is 16.2. The van der Waals surface area contributed by atoms with Gasteiger partial charge in [-0.05, 0) is 43.2 Å². The monoisotopic (exact) mass is 341 g/mol. The Bertz CT molecular complexity index is 889. The van der Waals surface area contributed by atoms with E-state index in [0.29, 0.717) is 22.9 Å². The molecule has 0 aliphatic rings. The van der Waals surface area contributed by atoms with Crippen molar-refractivity contribution in [3.05, 3.63) is 75.6 Å². The number of rotatable bonds is 4. The molecule has 3 aromatic rings. The Hall–Kier alpha value is -2.66. The smallest absolute Gasteiger partial charge is 0.322 e. The summed E-state index contributed by atoms with van der Waals surface area (Å²) in [6, 6.07) is 12.9. The van der Waals surface area contributed by atoms with Gasteiger partial charge in [0.2, 0.25) is 5.89 Å². The summed E-state index contributed by atoms with van der Waals surface area (Å²) < 4.78 is 5.51. The van der Waals surface area contributed by atoms with Gasteiger partial charge in [-0.2, -0.15) is 0 Å². The summed E-state index contributed by atoms with van der Waals surface area (Å²) in [6.45, 7) is 4.09. The molecule has 0 bridgehead atoms. The zero-order valence-electron chi connectivity index (χ0n) is 13.3. The van der Waals surface area contributed by atoms with Crippen LogP contribution in [0.5, 0.6) is 0 Å². The minimum atomic E-state index is -0.348. The van der Waals surface area contributed by atoms with Gasteiger partial charge in [-0.1, -0.05) is 46.5 Å². The Morgan fingerprint density at radius 3 is 2.75 bits per heavy atom. The summed E-state index contributed by atoms with van der Waals surface area (Å²) in [5.74, 6) is 0.0996. The van der Waals surface area contributed by atoms with E-state index in [0.717, 1.165) is 11.1 Å². The fourth-order valence-electron chi connectivity index (χ4n) is 2.38. The average molecular weight is 342 g/mol. The maximum atomic E-state index is 12.1. The SMILES string of the molecule is Cc1ccc(Cc2nnc(NC(=O)c3cccc(Cl)c3)o2)c(C)c1. The van der Waals surface area contributed by atoms with Crippen LogP contribution in [0.1, 0.15) is 32.9 Å². The molecule has 0 saturated heterocycles. The van der Waals surface area contributed by atoms with Crippen LogP contribution in [0.15, 0.2) is 46.9 Å². The minimum Gasteiger partial charge on any atom is -0.407 e. The number of aryl methyl sites for hydroxylation is 2. The van der Waals surface area contributed by atoms with Crippen molar-refractivity contribution < 1.29 is 9.21 Å². The number of nitrogens with one attached hydrogen (secondary N) is 1. The van der Waals surface area contributed by atoms with Crippen molar-refractivity contribution in [1.82, 2.24) is 10.2 Å². The Morgan fingerprint density at radius 1 is 1.17 bits per heavy atom. The van der Waals surface area contributed by atoms with E-state index in [-0.39, 0.29) is 11.9 Å². The average Bonchev–Trinajstić information content (AvgIpc) is 2.97. The van der Waals surface area contributed by atoms with Crippen molar-refractivity contribution in [2.24, 2.45) is 0 Å². The number of benzene rings is 2. The molecule has 2 aromatic carbocycles. The van der Waals surface area contributed by atoms with Gasteiger partial charge in [0, 0.05) is 10.6 Å². The first-order chi connectivity index (χ1) is 11.5. The first-order valence-electron chi connectivity index (χ1n) is 7.47. The summed E-state index contributed by atoms with van der Waals surface area (Å²) in [4.78, 5) is 12.1. The van der Waals surface area contributed by atoms with Gasteiger partial charge >= 0.3 is 6.01 Å². The van der Waals surface area contributed by atoms with Crippen molar-refractivity contribution in [2.45, 2.75) is 20.3 Å². The number of anilines is 1. The summed E-state index contributed by atoms with van der Waals surface area (Å²) in [5, 5.41) is 10.9. The molecular weight excluding hydrogens is 326 g/mol. The summed E-state index contributed by atoms with van der Waals surface area (Å²) in [7, 11) is 0. The van der Waals surface area contributed by atoms with E-state index in [9.17, 15) is 4.79 Å². The summed E-state index contributed by atoms with van der Waals surface area (Å²) in [5.41, 5.74) is 3.91. The number of hydrogen-bond donors (Lipinski definition) is 1. The minimum absolute atomic E-state index is 0.0692. The summed E-state index contributed by atoms with van der Waals surface area (Å²) >= 11 is 5.88. The van der Waals surface area contributed by atoms with E-state index in [1.165, 1.54) is 5.56 Å². The Morgan fingerprint density at radius 2 is 2.00 bits per heavy atom. The molecule has 6 heteroatoms. The molecule has 0 spiro atoms. The second-order valence-electron chi connectivity index (χ2n) is 5.57. The summed E-state index contributed by atoms with van der Waals surface area (Å²) in [6.07, 6.45) is 0.520. The molecule has 0 atom stereocenters. The van der Waals surface area contributed by atoms with E-state index in [2.05, 4.69) is 21.6 Å². The second-order valence-corrected chi connectivity index (χ2v) is 6.01. The van der Waals surface area contributed by atoms with Crippen LogP contribution in [0, 0.1) is 13.8 Å². The lowest BCUT2D eigenvalue weighted by molar-refractivity contribution is 0.102. The van der Waals surface area contributed by atoms with Crippen molar-refractivity contribution in [3.8, 4) is 0 Å². The first-order valence-corrected chi connectivity index (χ1v) is 7.84. The molecule has 1 heterocycles. The topological polar surface area (TPSA) is 68.0 Å². The molecule has 1 N–H and O–H groups in total. The third-order valence-electron chi connectivity index (χ3n) is 3.61. The highest BCUT2D eigenvalue weighted by Gasteiger charge is 2.13. The third kappa shape index (κ3) is 3.81. The van der Waals surface area contributed by atoms with Crippen molar-refractivity contribution >= 4 is 23.5 Å². The number of nitrogens with zero attached hydrogens (tertiary/aromatic N) is 2. The molecule has 0 unspecified atom stereocenters. The van der Waals surface area contributed by atoms with E-state index in [1.807, 2.05) is 26.0 Å². The van der Waals surface area contributed by atoms with Crippen LogP contribution in [-0.2, 0) is 6.42 Å². The molecule has 0 aliphatic heterocycles. The van der Waals surface area contributed by atoms with E-state index >= 15 is 0 Å². The Labute approximate surface area is 144 Å². The van der Waals surface area contributed by atoms with Gasteiger partial charge in [-0.3, -0.25) is 10.1 Å². The number of amides is 1. The fraction of sp³-hybridized carbons (Fsp3) is 0.167. The van der Waals surface area contributed by atoms with Crippen LogP contribution in [0.3, 0.4) is 0 Å². The lowest BCUT2D eigenvalue weighted by Gasteiger charge is -2.04. The van der Waals surface area contributed by atoms with Gasteiger partial charge in [0.1, 0.15) is 0 Å². The maximum Gasteiger partial charge on any atom is 0.322 e. The molecule has 1 amide bonds. The van der Waals surface area contributed by atoms with E-state index < -0.39 is 0 Å². The number of aromatic nitrogens is 2. The van der Waals surface area contributed by atoms with Crippen LogP contribution in [0.4, 0.5) is 6.01 Å². The highest BCUT2D eigenvalue weighted by Crippen LogP contribution is 2.17. The molecule has 5 nitrogen and oxygen atoms in total. The molecule has 0 saturated carbocycles. The van der Waals surface area contributed by atoms with Gasteiger partial charge in [-0.15, -0.1) is 5.10 Å². The van der Waals surface area contributed by atoms with Gasteiger partial charge in [0.25, 0.3) is 5.91 Å². The van der Waals surface area contributed by atoms with Crippen molar-refractivity contribution in [2.75, 3.05) is 5.32 Å². The zero-order chi connectivity index (χ0) is 17.1. The van der Waals surface area contributed by atoms with Crippen LogP contribution >= 0.6 is 11.6 Å². The molecule has 0 aliphatic carbocycles. The largest absolute Gasteiger partial charge is 0.407 e. The standard InChI is InChI=1S/C18H16ClN3O2/c1-11-6-7-13(12(2)8-11)10-16-21-22-18(24-16)20-17(23)14-4-3-5-15(19)9-14/h3-9H,10H2,1-2H3,(H,20,22,23). The van der Waals surface area contributed by atoms with Gasteiger partial charge in [-0.25, -0.2) is 0 Å². The van der Waals surface area contributed by atoms with E-state index in [4.69, 9.17) is 16.0 Å².